The predicted molar refractivity (Wildman–Crippen MR) is 62.4 cm³/mol. The van der Waals surface area contributed by atoms with Crippen LogP contribution in [-0.2, 0) is 10.0 Å². The van der Waals surface area contributed by atoms with E-state index in [1.165, 1.54) is 6.92 Å². The van der Waals surface area contributed by atoms with Crippen LogP contribution in [-0.4, -0.2) is 41.4 Å². The molecule has 1 aliphatic heterocycles. The number of sulfonamides is 1. The molecule has 1 N–H and O–H groups in total. The minimum Gasteiger partial charge on any atom is -0.387 e. The summed E-state index contributed by atoms with van der Waals surface area (Å²) in [5, 5.41) is 20.1. The fourth-order valence-corrected chi connectivity index (χ4v) is 3.52. The van der Waals surface area contributed by atoms with E-state index in [1.54, 1.807) is 0 Å². The van der Waals surface area contributed by atoms with Crippen LogP contribution in [0.15, 0.2) is 23.1 Å². The van der Waals surface area contributed by atoms with Crippen molar-refractivity contribution in [2.45, 2.75) is 17.4 Å². The van der Waals surface area contributed by atoms with Gasteiger partial charge in [0.15, 0.2) is 0 Å². The van der Waals surface area contributed by atoms with Gasteiger partial charge in [-0.1, -0.05) is 0 Å². The summed E-state index contributed by atoms with van der Waals surface area (Å²) >= 11 is 0. The average Bonchev–Trinajstić information content (AvgIpc) is 2.25. The van der Waals surface area contributed by atoms with E-state index in [0.717, 1.165) is 16.4 Å². The molecule has 0 aliphatic carbocycles. The molecule has 9 heteroatoms. The number of halogens is 1. The summed E-state index contributed by atoms with van der Waals surface area (Å²) in [5.41, 5.74) is -1.99. The maximum Gasteiger partial charge on any atom is 0.306 e. The van der Waals surface area contributed by atoms with E-state index in [9.17, 15) is 28.0 Å². The Morgan fingerprint density at radius 3 is 2.53 bits per heavy atom. The summed E-state index contributed by atoms with van der Waals surface area (Å²) in [7, 11) is -3.94. The number of hydrogen-bond acceptors (Lipinski definition) is 5. The van der Waals surface area contributed by atoms with Gasteiger partial charge in [-0.25, -0.2) is 8.42 Å². The van der Waals surface area contributed by atoms with Crippen LogP contribution in [0.5, 0.6) is 0 Å². The normalized spacial score (nSPS) is 18.9. The van der Waals surface area contributed by atoms with Crippen LogP contribution in [0, 0.1) is 15.9 Å². The molecule has 0 spiro atoms. The van der Waals surface area contributed by atoms with Crippen LogP contribution in [0.2, 0.25) is 0 Å². The Kier molecular flexibility index (Phi) is 3.07. The zero-order chi connectivity index (χ0) is 14.4. The number of nitrogens with zero attached hydrogens (tertiary/aromatic N) is 2. The van der Waals surface area contributed by atoms with Crippen molar-refractivity contribution in [1.29, 1.82) is 0 Å². The number of β-amino-alcohol motifs (C(OH)–C–C–N with tert-alkyl or cyclic N) is 1. The molecule has 0 atom stereocenters. The Morgan fingerprint density at radius 1 is 1.47 bits per heavy atom. The summed E-state index contributed by atoms with van der Waals surface area (Å²) in [6.45, 7) is 1.28. The number of rotatable bonds is 3. The maximum absolute atomic E-state index is 13.1. The van der Waals surface area contributed by atoms with E-state index in [0.29, 0.717) is 6.07 Å². The highest BCUT2D eigenvalue weighted by molar-refractivity contribution is 7.89. The summed E-state index contributed by atoms with van der Waals surface area (Å²) in [5.74, 6) is -1.10. The lowest BCUT2D eigenvalue weighted by atomic mass is 10.0. The topological polar surface area (TPSA) is 101 Å². The van der Waals surface area contributed by atoms with E-state index in [2.05, 4.69) is 0 Å². The highest BCUT2D eigenvalue weighted by Gasteiger charge is 2.44. The van der Waals surface area contributed by atoms with Gasteiger partial charge in [-0.15, -0.1) is 0 Å². The van der Waals surface area contributed by atoms with Crippen molar-refractivity contribution in [2.75, 3.05) is 13.1 Å². The molecule has 0 bridgehead atoms. The number of hydrogen-bond donors (Lipinski definition) is 1. The third kappa shape index (κ3) is 2.44. The zero-order valence-electron chi connectivity index (χ0n) is 9.91. The quantitative estimate of drug-likeness (QED) is 0.645. The summed E-state index contributed by atoms with van der Waals surface area (Å²) in [6.07, 6.45) is 0. The Labute approximate surface area is 108 Å². The molecule has 1 saturated heterocycles. The zero-order valence-corrected chi connectivity index (χ0v) is 10.7. The third-order valence-corrected chi connectivity index (χ3v) is 4.57. The molecular weight excluding hydrogens is 279 g/mol. The number of nitro groups is 1. The average molecular weight is 290 g/mol. The standard InChI is InChI=1S/C10H11FN2O5S/c1-10(14)5-12(6-10)19(17,18)7-2-3-8(11)9(4-7)13(15)16/h2-4,14H,5-6H2,1H3. The van der Waals surface area contributed by atoms with Crippen LogP contribution in [0.25, 0.3) is 0 Å². The van der Waals surface area contributed by atoms with Gasteiger partial charge in [-0.05, 0) is 19.1 Å². The summed E-state index contributed by atoms with van der Waals surface area (Å²) in [4.78, 5) is 9.22. The Bertz CT molecular complexity index is 635. The van der Waals surface area contributed by atoms with Crippen molar-refractivity contribution >= 4 is 15.7 Å². The molecule has 0 unspecified atom stereocenters. The van der Waals surface area contributed by atoms with E-state index in [1.807, 2.05) is 0 Å². The van der Waals surface area contributed by atoms with Crippen molar-refractivity contribution in [2.24, 2.45) is 0 Å². The van der Waals surface area contributed by atoms with Crippen LogP contribution in [0.1, 0.15) is 6.92 Å². The second-order valence-corrected chi connectivity index (χ2v) is 6.58. The molecule has 7 nitrogen and oxygen atoms in total. The minimum atomic E-state index is -3.94. The Hall–Kier alpha value is -1.58. The van der Waals surface area contributed by atoms with Crippen LogP contribution < -0.4 is 0 Å². The second-order valence-electron chi connectivity index (χ2n) is 4.64. The van der Waals surface area contributed by atoms with Gasteiger partial charge in [0.2, 0.25) is 15.8 Å². The molecule has 2 rings (SSSR count). The predicted octanol–water partition coefficient (Wildman–Crippen LogP) is 0.489. The summed E-state index contributed by atoms with van der Waals surface area (Å²) in [6, 6.07) is 2.38. The number of nitro benzene ring substituents is 1. The molecule has 0 aromatic heterocycles. The fraction of sp³-hybridized carbons (Fsp3) is 0.400. The lowest BCUT2D eigenvalue weighted by Gasteiger charge is -2.42. The van der Waals surface area contributed by atoms with Gasteiger partial charge >= 0.3 is 5.69 Å². The first-order chi connectivity index (χ1) is 8.63. The van der Waals surface area contributed by atoms with Crippen molar-refractivity contribution in [3.05, 3.63) is 34.1 Å². The molecule has 19 heavy (non-hydrogen) atoms. The maximum atomic E-state index is 13.1. The van der Waals surface area contributed by atoms with Crippen molar-refractivity contribution < 1.29 is 22.8 Å². The van der Waals surface area contributed by atoms with Crippen LogP contribution in [0.4, 0.5) is 10.1 Å². The van der Waals surface area contributed by atoms with Gasteiger partial charge in [0.05, 0.1) is 15.4 Å². The SMILES string of the molecule is CC1(O)CN(S(=O)(=O)c2ccc(F)c([N+](=O)[O-])c2)C1. The number of aliphatic hydroxyl groups is 1. The van der Waals surface area contributed by atoms with E-state index < -0.39 is 32.1 Å². The summed E-state index contributed by atoms with van der Waals surface area (Å²) < 4.78 is 38.2. The first kappa shape index (κ1) is 13.8. The Balaban J connectivity index is 2.37. The molecule has 0 radical (unpaired) electrons. The van der Waals surface area contributed by atoms with Gasteiger partial charge in [-0.2, -0.15) is 8.70 Å². The van der Waals surface area contributed by atoms with Crippen molar-refractivity contribution in [3.63, 3.8) is 0 Å². The lowest BCUT2D eigenvalue weighted by molar-refractivity contribution is -0.387. The van der Waals surface area contributed by atoms with Crippen LogP contribution >= 0.6 is 0 Å². The van der Waals surface area contributed by atoms with Gasteiger partial charge in [0.1, 0.15) is 0 Å². The van der Waals surface area contributed by atoms with Gasteiger partial charge < -0.3 is 5.11 Å². The highest BCUT2D eigenvalue weighted by atomic mass is 32.2. The number of benzene rings is 1. The van der Waals surface area contributed by atoms with E-state index in [4.69, 9.17) is 0 Å². The molecule has 0 saturated carbocycles. The molecule has 104 valence electrons. The van der Waals surface area contributed by atoms with E-state index >= 15 is 0 Å². The van der Waals surface area contributed by atoms with Crippen molar-refractivity contribution in [3.8, 4) is 0 Å². The Morgan fingerprint density at radius 2 is 2.05 bits per heavy atom. The van der Waals surface area contributed by atoms with Gasteiger partial charge in [-0.3, -0.25) is 10.1 Å². The van der Waals surface area contributed by atoms with Crippen molar-refractivity contribution in [1.82, 2.24) is 4.31 Å². The fourth-order valence-electron chi connectivity index (χ4n) is 1.83. The molecule has 1 aliphatic rings. The second kappa shape index (κ2) is 4.22. The first-order valence-electron chi connectivity index (χ1n) is 5.30. The molecule has 1 aromatic carbocycles. The molecular formula is C10H11FN2O5S. The smallest absolute Gasteiger partial charge is 0.306 e. The van der Waals surface area contributed by atoms with E-state index in [-0.39, 0.29) is 18.0 Å². The molecule has 1 aromatic rings. The molecule has 1 heterocycles. The minimum absolute atomic E-state index is 0.0967. The van der Waals surface area contributed by atoms with Gasteiger partial charge in [0.25, 0.3) is 0 Å². The monoisotopic (exact) mass is 290 g/mol. The largest absolute Gasteiger partial charge is 0.387 e. The van der Waals surface area contributed by atoms with Crippen LogP contribution in [0.3, 0.4) is 0 Å². The molecule has 1 fully saturated rings. The third-order valence-electron chi connectivity index (χ3n) is 2.79. The highest BCUT2D eigenvalue weighted by Crippen LogP contribution is 2.29. The lowest BCUT2D eigenvalue weighted by Crippen LogP contribution is -2.61. The molecule has 0 amide bonds. The first-order valence-corrected chi connectivity index (χ1v) is 6.74. The van der Waals surface area contributed by atoms with Gasteiger partial charge in [0, 0.05) is 19.2 Å².